The lowest BCUT2D eigenvalue weighted by Crippen LogP contribution is -1.87. The minimum Gasteiger partial charge on any atom is -0.361 e. The van der Waals surface area contributed by atoms with Crippen molar-refractivity contribution in [3.8, 4) is 11.3 Å². The van der Waals surface area contributed by atoms with Crippen LogP contribution in [0.15, 0.2) is 16.7 Å². The Labute approximate surface area is 97.9 Å². The van der Waals surface area contributed by atoms with Crippen molar-refractivity contribution in [3.05, 3.63) is 29.4 Å². The summed E-state index contributed by atoms with van der Waals surface area (Å²) < 4.78 is 5.15. The van der Waals surface area contributed by atoms with Gasteiger partial charge in [-0.25, -0.2) is 9.97 Å². The fourth-order valence-electron chi connectivity index (χ4n) is 2.00. The maximum absolute atomic E-state index is 5.15. The molecule has 5 heteroatoms. The molecule has 0 bridgehead atoms. The third-order valence-corrected chi connectivity index (χ3v) is 2.75. The fourth-order valence-corrected chi connectivity index (χ4v) is 2.00. The summed E-state index contributed by atoms with van der Waals surface area (Å²) in [4.78, 5) is 12.0. The number of hydrogen-bond donors (Lipinski definition) is 1. The van der Waals surface area contributed by atoms with Gasteiger partial charge in [0.1, 0.15) is 17.1 Å². The molecule has 5 nitrogen and oxygen atoms in total. The number of pyridine rings is 1. The van der Waals surface area contributed by atoms with Gasteiger partial charge in [-0.05, 0) is 32.9 Å². The average molecular weight is 228 g/mol. The summed E-state index contributed by atoms with van der Waals surface area (Å²) in [5.74, 6) is 1.65. The van der Waals surface area contributed by atoms with Crippen LogP contribution >= 0.6 is 0 Å². The van der Waals surface area contributed by atoms with Crippen LogP contribution in [0.5, 0.6) is 0 Å². The molecule has 0 amide bonds. The van der Waals surface area contributed by atoms with Crippen molar-refractivity contribution in [3.63, 3.8) is 0 Å². The second-order valence-electron chi connectivity index (χ2n) is 4.09. The molecule has 0 saturated heterocycles. The van der Waals surface area contributed by atoms with Crippen molar-refractivity contribution in [2.24, 2.45) is 0 Å². The largest absolute Gasteiger partial charge is 0.361 e. The molecule has 3 rings (SSSR count). The van der Waals surface area contributed by atoms with Crippen LogP contribution in [0.4, 0.5) is 0 Å². The molecule has 0 spiro atoms. The van der Waals surface area contributed by atoms with E-state index in [-0.39, 0.29) is 0 Å². The zero-order valence-corrected chi connectivity index (χ0v) is 9.90. The minimum atomic E-state index is 0.783. The van der Waals surface area contributed by atoms with Gasteiger partial charge in [-0.15, -0.1) is 0 Å². The summed E-state index contributed by atoms with van der Waals surface area (Å²) in [5, 5.41) is 3.94. The summed E-state index contributed by atoms with van der Waals surface area (Å²) in [5.41, 5.74) is 4.33. The molecule has 3 aromatic heterocycles. The fraction of sp³-hybridized carbons (Fsp3) is 0.250. The number of H-pyrrole nitrogens is 1. The summed E-state index contributed by atoms with van der Waals surface area (Å²) in [6.07, 6.45) is 0. The van der Waals surface area contributed by atoms with Gasteiger partial charge in [0.05, 0.1) is 17.0 Å². The van der Waals surface area contributed by atoms with Crippen LogP contribution in [0.1, 0.15) is 17.3 Å². The molecule has 0 aliphatic carbocycles. The van der Waals surface area contributed by atoms with E-state index < -0.39 is 0 Å². The second-order valence-corrected chi connectivity index (χ2v) is 4.09. The monoisotopic (exact) mass is 228 g/mol. The molecule has 0 aliphatic rings. The molecule has 86 valence electrons. The van der Waals surface area contributed by atoms with E-state index >= 15 is 0 Å². The normalized spacial score (nSPS) is 11.2. The van der Waals surface area contributed by atoms with E-state index in [1.807, 2.05) is 32.9 Å². The first-order chi connectivity index (χ1) is 8.15. The number of fused-ring (bicyclic) bond motifs is 1. The molecule has 0 saturated carbocycles. The highest BCUT2D eigenvalue weighted by Crippen LogP contribution is 2.26. The maximum atomic E-state index is 5.15. The molecule has 3 heterocycles. The first-order valence-electron chi connectivity index (χ1n) is 5.42. The van der Waals surface area contributed by atoms with E-state index in [4.69, 9.17) is 4.52 Å². The van der Waals surface area contributed by atoms with Crippen LogP contribution in [0.25, 0.3) is 22.4 Å². The van der Waals surface area contributed by atoms with E-state index in [1.165, 1.54) is 0 Å². The molecular weight excluding hydrogens is 216 g/mol. The number of aromatic nitrogens is 4. The van der Waals surface area contributed by atoms with Gasteiger partial charge in [0, 0.05) is 0 Å². The maximum Gasteiger partial charge on any atom is 0.158 e. The highest BCUT2D eigenvalue weighted by Gasteiger charge is 2.13. The number of aryl methyl sites for hydroxylation is 3. The van der Waals surface area contributed by atoms with Gasteiger partial charge in [0.15, 0.2) is 5.65 Å². The molecular formula is C12H12N4O. The average Bonchev–Trinajstić information content (AvgIpc) is 2.80. The lowest BCUT2D eigenvalue weighted by atomic mass is 10.1. The molecule has 0 aliphatic heterocycles. The van der Waals surface area contributed by atoms with Gasteiger partial charge in [-0.3, -0.25) is 0 Å². The smallest absolute Gasteiger partial charge is 0.158 e. The zero-order valence-electron chi connectivity index (χ0n) is 9.90. The predicted octanol–water partition coefficient (Wildman–Crippen LogP) is 2.54. The van der Waals surface area contributed by atoms with Crippen molar-refractivity contribution in [2.45, 2.75) is 20.8 Å². The van der Waals surface area contributed by atoms with Crippen LogP contribution in [0.3, 0.4) is 0 Å². The molecule has 1 N–H and O–H groups in total. The van der Waals surface area contributed by atoms with Crippen molar-refractivity contribution in [1.82, 2.24) is 20.1 Å². The van der Waals surface area contributed by atoms with Gasteiger partial charge >= 0.3 is 0 Å². The molecule has 0 radical (unpaired) electrons. The first kappa shape index (κ1) is 10.0. The van der Waals surface area contributed by atoms with E-state index in [0.717, 1.165) is 39.7 Å². The lowest BCUT2D eigenvalue weighted by Gasteiger charge is -1.98. The molecule has 3 aromatic rings. The number of rotatable bonds is 1. The van der Waals surface area contributed by atoms with Crippen LogP contribution in [-0.2, 0) is 0 Å². The van der Waals surface area contributed by atoms with Gasteiger partial charge in [-0.2, -0.15) is 0 Å². The van der Waals surface area contributed by atoms with Gasteiger partial charge in [0.25, 0.3) is 0 Å². The zero-order chi connectivity index (χ0) is 12.0. The minimum absolute atomic E-state index is 0.783. The molecule has 17 heavy (non-hydrogen) atoms. The quantitative estimate of drug-likeness (QED) is 0.695. The Morgan fingerprint density at radius 2 is 1.94 bits per heavy atom. The van der Waals surface area contributed by atoms with Gasteiger partial charge < -0.3 is 9.51 Å². The lowest BCUT2D eigenvalue weighted by molar-refractivity contribution is 0.393. The number of aromatic amines is 1. The standard InChI is InChI=1S/C12H12N4O/c1-6-11(7(2)17-16-6)9-4-5-10-12(15-9)14-8(3)13-10/h4-5H,1-3H3,(H,13,14,15). The van der Waals surface area contributed by atoms with E-state index in [0.29, 0.717) is 0 Å². The van der Waals surface area contributed by atoms with Gasteiger partial charge in [0.2, 0.25) is 0 Å². The third-order valence-electron chi connectivity index (χ3n) is 2.75. The number of nitrogens with one attached hydrogen (secondary N) is 1. The number of imidazole rings is 1. The first-order valence-corrected chi connectivity index (χ1v) is 5.42. The summed E-state index contributed by atoms with van der Waals surface area (Å²) in [6.45, 7) is 5.71. The highest BCUT2D eigenvalue weighted by atomic mass is 16.5. The topological polar surface area (TPSA) is 67.6 Å². The Balaban J connectivity index is 2.24. The van der Waals surface area contributed by atoms with Crippen molar-refractivity contribution < 1.29 is 4.52 Å². The van der Waals surface area contributed by atoms with E-state index in [1.54, 1.807) is 0 Å². The van der Waals surface area contributed by atoms with Crippen LogP contribution in [0, 0.1) is 20.8 Å². The molecule has 0 atom stereocenters. The second kappa shape index (κ2) is 3.41. The van der Waals surface area contributed by atoms with Gasteiger partial charge in [-0.1, -0.05) is 5.16 Å². The Hall–Kier alpha value is -2.17. The van der Waals surface area contributed by atoms with E-state index in [2.05, 4.69) is 20.1 Å². The molecule has 0 unspecified atom stereocenters. The van der Waals surface area contributed by atoms with Crippen LogP contribution in [0.2, 0.25) is 0 Å². The molecule has 0 fully saturated rings. The highest BCUT2D eigenvalue weighted by molar-refractivity contribution is 5.76. The SMILES string of the molecule is Cc1nc2ccc(-c3c(C)noc3C)nc2[nH]1. The van der Waals surface area contributed by atoms with Crippen molar-refractivity contribution >= 4 is 11.2 Å². The van der Waals surface area contributed by atoms with Crippen molar-refractivity contribution in [1.29, 1.82) is 0 Å². The summed E-state index contributed by atoms with van der Waals surface area (Å²) >= 11 is 0. The Kier molecular flexibility index (Phi) is 2.01. The summed E-state index contributed by atoms with van der Waals surface area (Å²) in [7, 11) is 0. The summed E-state index contributed by atoms with van der Waals surface area (Å²) in [6, 6.07) is 3.89. The third kappa shape index (κ3) is 1.51. The Bertz CT molecular complexity index is 676. The van der Waals surface area contributed by atoms with Crippen LogP contribution in [-0.4, -0.2) is 20.1 Å². The molecule has 0 aromatic carbocycles. The number of nitrogens with zero attached hydrogens (tertiary/aromatic N) is 3. The Morgan fingerprint density at radius 3 is 2.65 bits per heavy atom. The van der Waals surface area contributed by atoms with Crippen molar-refractivity contribution in [2.75, 3.05) is 0 Å². The Morgan fingerprint density at radius 1 is 1.12 bits per heavy atom. The predicted molar refractivity (Wildman–Crippen MR) is 63.6 cm³/mol. The number of hydrogen-bond acceptors (Lipinski definition) is 4. The van der Waals surface area contributed by atoms with E-state index in [9.17, 15) is 0 Å². The van der Waals surface area contributed by atoms with Crippen LogP contribution < -0.4 is 0 Å².